The lowest BCUT2D eigenvalue weighted by atomic mass is 9.79. The summed E-state index contributed by atoms with van der Waals surface area (Å²) in [5.41, 5.74) is 4.69. The van der Waals surface area contributed by atoms with Gasteiger partial charge in [-0.3, -0.25) is 0 Å². The molecule has 0 bridgehead atoms. The van der Waals surface area contributed by atoms with E-state index in [4.69, 9.17) is 0 Å². The zero-order valence-electron chi connectivity index (χ0n) is 12.5. The molecule has 102 valence electrons. The molecule has 0 aliphatic carbocycles. The van der Waals surface area contributed by atoms with Gasteiger partial charge in [0.25, 0.3) is 0 Å². The van der Waals surface area contributed by atoms with E-state index in [-0.39, 0.29) is 10.8 Å². The Bertz CT molecular complexity index is 425. The smallest absolute Gasteiger partial charge is 0.0252 e. The molecular weight excluding hydrogens is 275 g/mol. The molecule has 0 heterocycles. The van der Waals surface area contributed by atoms with Crippen LogP contribution in [-0.4, -0.2) is 0 Å². The third-order valence-electron chi connectivity index (χ3n) is 3.08. The van der Waals surface area contributed by atoms with E-state index in [2.05, 4.69) is 69.0 Å². The Labute approximate surface area is 122 Å². The van der Waals surface area contributed by atoms with Gasteiger partial charge in [0.2, 0.25) is 0 Å². The Morgan fingerprint density at radius 1 is 0.944 bits per heavy atom. The van der Waals surface area contributed by atoms with Crippen molar-refractivity contribution in [1.82, 2.24) is 0 Å². The maximum atomic E-state index is 2.73. The van der Waals surface area contributed by atoms with Crippen molar-refractivity contribution in [3.63, 3.8) is 0 Å². The van der Waals surface area contributed by atoms with E-state index in [1.165, 1.54) is 21.6 Å². The van der Waals surface area contributed by atoms with Crippen LogP contribution in [0.2, 0.25) is 0 Å². The summed E-state index contributed by atoms with van der Waals surface area (Å²) in [6.45, 7) is 16.0. The lowest BCUT2D eigenvalue weighted by molar-refractivity contribution is 0.558. The average Bonchev–Trinajstić information content (AvgIpc) is 2.17. The van der Waals surface area contributed by atoms with Gasteiger partial charge in [-0.15, -0.1) is 0 Å². The molecule has 0 aliphatic heterocycles. The van der Waals surface area contributed by atoms with Crippen LogP contribution in [0.1, 0.15) is 58.2 Å². The van der Waals surface area contributed by atoms with Crippen LogP contribution in [0, 0.1) is 6.92 Å². The van der Waals surface area contributed by atoms with Crippen LogP contribution in [0.15, 0.2) is 17.0 Å². The summed E-state index contributed by atoms with van der Waals surface area (Å²) in [7, 11) is 6.33. The molecule has 0 saturated carbocycles. The number of aryl methyl sites for hydroxylation is 1. The molecule has 1 aromatic rings. The van der Waals surface area contributed by atoms with E-state index >= 15 is 0 Å². The predicted molar refractivity (Wildman–Crippen MR) is 91.7 cm³/mol. The van der Waals surface area contributed by atoms with Crippen LogP contribution in [0.25, 0.3) is 0 Å². The van der Waals surface area contributed by atoms with Gasteiger partial charge in [-0.05, 0) is 34.4 Å². The van der Waals surface area contributed by atoms with Crippen molar-refractivity contribution in [2.75, 3.05) is 0 Å². The van der Waals surface area contributed by atoms with Crippen LogP contribution in [-0.2, 0) is 10.8 Å². The summed E-state index contributed by atoms with van der Waals surface area (Å²) >= 11 is 0. The van der Waals surface area contributed by atoms with Crippen molar-refractivity contribution in [2.24, 2.45) is 0 Å². The van der Waals surface area contributed by atoms with E-state index in [0.717, 1.165) is 0 Å². The Morgan fingerprint density at radius 2 is 1.50 bits per heavy atom. The number of hydrogen-bond donors (Lipinski definition) is 0. The van der Waals surface area contributed by atoms with E-state index in [0.29, 0.717) is 0 Å². The monoisotopic (exact) mass is 300 g/mol. The Balaban J connectivity index is 3.47. The topological polar surface area (TPSA) is 0 Å². The molecule has 0 aromatic heterocycles. The van der Waals surface area contributed by atoms with Crippen molar-refractivity contribution in [3.8, 4) is 0 Å². The molecule has 0 spiro atoms. The molecule has 1 rings (SSSR count). The first kappa shape index (κ1) is 16.4. The summed E-state index contributed by atoms with van der Waals surface area (Å²) in [6.07, 6.45) is 0. The number of benzene rings is 1. The van der Waals surface area contributed by atoms with E-state index in [9.17, 15) is 0 Å². The van der Waals surface area contributed by atoms with Gasteiger partial charge in [0.1, 0.15) is 0 Å². The van der Waals surface area contributed by atoms with Crippen molar-refractivity contribution in [3.05, 3.63) is 28.8 Å². The van der Waals surface area contributed by atoms with Crippen molar-refractivity contribution >= 4 is 29.6 Å². The molecule has 1 atom stereocenters. The van der Waals surface area contributed by atoms with Crippen LogP contribution in [0.4, 0.5) is 0 Å². The standard InChI is InChI=1S/C15H25PS2/c1-10-8-11(14(2,3)4)9-12(15(5,6)7)13(10)17-18-16/h8-9H,16H2,1-7H3. The zero-order chi connectivity index (χ0) is 14.1. The van der Waals surface area contributed by atoms with Gasteiger partial charge >= 0.3 is 0 Å². The fourth-order valence-corrected chi connectivity index (χ4v) is 4.48. The highest BCUT2D eigenvalue weighted by molar-refractivity contribution is 8.94. The second-order valence-electron chi connectivity index (χ2n) is 6.85. The van der Waals surface area contributed by atoms with Crippen LogP contribution >= 0.6 is 29.6 Å². The van der Waals surface area contributed by atoms with E-state index in [1.807, 2.05) is 10.8 Å². The largest absolute Gasteiger partial charge is 0.0685 e. The highest BCUT2D eigenvalue weighted by Crippen LogP contribution is 2.44. The minimum Gasteiger partial charge on any atom is -0.0685 e. The van der Waals surface area contributed by atoms with Crippen molar-refractivity contribution in [1.29, 1.82) is 0 Å². The summed E-state index contributed by atoms with van der Waals surface area (Å²) in [4.78, 5) is 1.43. The number of rotatable bonds is 2. The molecular formula is C15H25PS2. The third-order valence-corrected chi connectivity index (χ3v) is 5.54. The first-order valence-corrected chi connectivity index (χ1v) is 9.89. The minimum absolute atomic E-state index is 0.189. The molecule has 1 aromatic carbocycles. The average molecular weight is 300 g/mol. The fourth-order valence-electron chi connectivity index (χ4n) is 1.92. The van der Waals surface area contributed by atoms with Gasteiger partial charge in [-0.2, -0.15) is 0 Å². The van der Waals surface area contributed by atoms with Gasteiger partial charge in [-0.25, -0.2) is 0 Å². The van der Waals surface area contributed by atoms with Gasteiger partial charge in [0.05, 0.1) is 0 Å². The van der Waals surface area contributed by atoms with Crippen molar-refractivity contribution < 1.29 is 0 Å². The molecule has 18 heavy (non-hydrogen) atoms. The second-order valence-corrected chi connectivity index (χ2v) is 10.4. The quantitative estimate of drug-likeness (QED) is 0.476. The third kappa shape index (κ3) is 3.92. The van der Waals surface area contributed by atoms with Gasteiger partial charge in [0.15, 0.2) is 0 Å². The van der Waals surface area contributed by atoms with E-state index < -0.39 is 0 Å². The first-order valence-electron chi connectivity index (χ1n) is 6.26. The highest BCUT2D eigenvalue weighted by Gasteiger charge is 2.24. The summed E-state index contributed by atoms with van der Waals surface area (Å²) < 4.78 is 0. The summed E-state index contributed by atoms with van der Waals surface area (Å²) in [5, 5.41) is 0. The second kappa shape index (κ2) is 5.77. The van der Waals surface area contributed by atoms with Gasteiger partial charge in [0, 0.05) is 4.90 Å². The summed E-state index contributed by atoms with van der Waals surface area (Å²) in [6, 6.07) is 4.74. The minimum atomic E-state index is 0.189. The number of hydrogen-bond acceptors (Lipinski definition) is 2. The van der Waals surface area contributed by atoms with Crippen molar-refractivity contribution in [2.45, 2.75) is 64.2 Å². The fraction of sp³-hybridized carbons (Fsp3) is 0.600. The van der Waals surface area contributed by atoms with E-state index in [1.54, 1.807) is 10.4 Å². The maximum absolute atomic E-state index is 2.73. The molecule has 0 fully saturated rings. The molecule has 0 saturated heterocycles. The molecule has 0 nitrogen and oxygen atoms in total. The Morgan fingerprint density at radius 3 is 1.89 bits per heavy atom. The Hall–Kier alpha value is 0.350. The predicted octanol–water partition coefficient (Wildman–Crippen LogP) is 6.12. The molecule has 0 amide bonds. The molecule has 0 radical (unpaired) electrons. The van der Waals surface area contributed by atoms with Crippen LogP contribution < -0.4 is 0 Å². The molecule has 0 aliphatic rings. The van der Waals surface area contributed by atoms with Gasteiger partial charge in [-0.1, -0.05) is 83.3 Å². The lowest BCUT2D eigenvalue weighted by Crippen LogP contribution is -2.18. The molecule has 3 heteroatoms. The van der Waals surface area contributed by atoms with Crippen LogP contribution in [0.3, 0.4) is 0 Å². The Kier molecular flexibility index (Phi) is 5.26. The normalized spacial score (nSPS) is 12.9. The molecule has 1 unspecified atom stereocenters. The maximum Gasteiger partial charge on any atom is 0.0252 e. The highest BCUT2D eigenvalue weighted by atomic mass is 33.3. The SMILES string of the molecule is Cc1cc(C(C)(C)C)cc(C(C)(C)C)c1SSP. The lowest BCUT2D eigenvalue weighted by Gasteiger charge is -2.28. The zero-order valence-corrected chi connectivity index (χ0v) is 15.3. The molecule has 0 N–H and O–H groups in total. The van der Waals surface area contributed by atoms with Crippen LogP contribution in [0.5, 0.6) is 0 Å². The summed E-state index contributed by atoms with van der Waals surface area (Å²) in [5.74, 6) is 0. The van der Waals surface area contributed by atoms with Gasteiger partial charge < -0.3 is 0 Å². The first-order chi connectivity index (χ1) is 8.07.